The summed E-state index contributed by atoms with van der Waals surface area (Å²) in [5, 5.41) is 2.76. The van der Waals surface area contributed by atoms with Crippen molar-refractivity contribution in [1.29, 1.82) is 0 Å². The van der Waals surface area contributed by atoms with Gasteiger partial charge in [0.1, 0.15) is 11.8 Å². The summed E-state index contributed by atoms with van der Waals surface area (Å²) >= 11 is 0. The van der Waals surface area contributed by atoms with Gasteiger partial charge in [0.15, 0.2) is 0 Å². The minimum Gasteiger partial charge on any atom is -0.444 e. The third-order valence-corrected chi connectivity index (χ3v) is 4.25. The van der Waals surface area contributed by atoms with Crippen LogP contribution in [0.5, 0.6) is 0 Å². The van der Waals surface area contributed by atoms with Crippen molar-refractivity contribution in [2.75, 3.05) is 19.6 Å². The zero-order valence-corrected chi connectivity index (χ0v) is 15.1. The highest BCUT2D eigenvalue weighted by atomic mass is 19.1. The zero-order valence-electron chi connectivity index (χ0n) is 15.1. The van der Waals surface area contributed by atoms with Gasteiger partial charge in [-0.2, -0.15) is 0 Å². The maximum absolute atomic E-state index is 13.3. The van der Waals surface area contributed by atoms with Crippen molar-refractivity contribution in [3.8, 4) is 0 Å². The normalized spacial score (nSPS) is 20.0. The van der Waals surface area contributed by atoms with Gasteiger partial charge >= 0.3 is 6.09 Å². The molecule has 1 fully saturated rings. The molecule has 1 aliphatic heterocycles. The Morgan fingerprint density at radius 2 is 2.04 bits per heavy atom. The number of nitrogens with zero attached hydrogens (tertiary/aromatic N) is 1. The van der Waals surface area contributed by atoms with Crippen LogP contribution >= 0.6 is 0 Å². The highest BCUT2D eigenvalue weighted by Crippen LogP contribution is 2.26. The van der Waals surface area contributed by atoms with Crippen LogP contribution < -0.4 is 5.32 Å². The Bertz CT molecular complexity index is 539. The van der Waals surface area contributed by atoms with Crippen LogP contribution in [0.25, 0.3) is 0 Å². The van der Waals surface area contributed by atoms with Crippen molar-refractivity contribution in [3.63, 3.8) is 0 Å². The zero-order chi connectivity index (χ0) is 17.7. The lowest BCUT2D eigenvalue weighted by molar-refractivity contribution is 0.0528. The van der Waals surface area contributed by atoms with Crippen molar-refractivity contribution in [2.45, 2.75) is 58.4 Å². The number of carbonyl (C=O) groups is 1. The number of hydrogen-bond acceptors (Lipinski definition) is 3. The second-order valence-electron chi connectivity index (χ2n) is 7.48. The number of carbonyl (C=O) groups excluding carboxylic acids is 1. The Hall–Kier alpha value is -1.62. The molecule has 1 amide bonds. The van der Waals surface area contributed by atoms with E-state index in [0.717, 1.165) is 18.5 Å². The predicted octanol–water partition coefficient (Wildman–Crippen LogP) is 3.86. The molecule has 0 bridgehead atoms. The highest BCUT2D eigenvalue weighted by Gasteiger charge is 2.26. The molecule has 0 spiro atoms. The molecule has 134 valence electrons. The molecule has 24 heavy (non-hydrogen) atoms. The average molecular weight is 336 g/mol. The molecule has 4 nitrogen and oxygen atoms in total. The topological polar surface area (TPSA) is 41.6 Å². The van der Waals surface area contributed by atoms with Crippen LogP contribution in [0.15, 0.2) is 24.3 Å². The third-order valence-electron chi connectivity index (χ3n) is 4.25. The number of alkyl carbamates (subject to hydrolysis) is 1. The third kappa shape index (κ3) is 5.78. The summed E-state index contributed by atoms with van der Waals surface area (Å²) in [7, 11) is 0. The van der Waals surface area contributed by atoms with E-state index in [2.05, 4.69) is 41.4 Å². The van der Waals surface area contributed by atoms with Gasteiger partial charge in [-0.3, -0.25) is 4.90 Å². The number of likely N-dealkylation sites (tertiary alicyclic amines) is 1. The molecular weight excluding hydrogens is 307 g/mol. The first-order chi connectivity index (χ1) is 11.2. The fraction of sp³-hybridized carbons (Fsp3) is 0.632. The Balaban J connectivity index is 1.79. The van der Waals surface area contributed by atoms with Crippen molar-refractivity contribution in [2.24, 2.45) is 0 Å². The van der Waals surface area contributed by atoms with E-state index >= 15 is 0 Å². The first kappa shape index (κ1) is 18.7. The quantitative estimate of drug-likeness (QED) is 0.888. The monoisotopic (exact) mass is 336 g/mol. The van der Waals surface area contributed by atoms with Crippen molar-refractivity contribution >= 4 is 6.09 Å². The molecule has 0 aliphatic carbocycles. The van der Waals surface area contributed by atoms with Gasteiger partial charge in [-0.1, -0.05) is 24.3 Å². The summed E-state index contributed by atoms with van der Waals surface area (Å²) < 4.78 is 18.5. The number of amides is 1. The Labute approximate surface area is 144 Å². The molecule has 0 radical (unpaired) electrons. The highest BCUT2D eigenvalue weighted by molar-refractivity contribution is 5.67. The molecule has 1 aromatic rings. The standard InChI is InChI=1S/C19H29FN2O2/c1-14(22-12-10-17(20)13-22)16-7-5-15(6-8-16)9-11-21-18(23)24-19(2,3)4/h5-8,14,17H,9-13H2,1-4H3,(H,21,23). The minimum absolute atomic E-state index is 0.236. The number of benzene rings is 1. The number of hydrogen-bond donors (Lipinski definition) is 1. The van der Waals surface area contributed by atoms with Gasteiger partial charge in [0.05, 0.1) is 0 Å². The fourth-order valence-corrected chi connectivity index (χ4v) is 2.89. The van der Waals surface area contributed by atoms with E-state index in [1.807, 2.05) is 20.8 Å². The minimum atomic E-state index is -0.689. The summed E-state index contributed by atoms with van der Waals surface area (Å²) in [5.41, 5.74) is 1.88. The van der Waals surface area contributed by atoms with E-state index in [1.54, 1.807) is 0 Å². The van der Waals surface area contributed by atoms with Gasteiger partial charge in [0.25, 0.3) is 0 Å². The van der Waals surface area contributed by atoms with Gasteiger partial charge in [-0.05, 0) is 51.7 Å². The van der Waals surface area contributed by atoms with E-state index < -0.39 is 11.8 Å². The van der Waals surface area contributed by atoms with Crippen molar-refractivity contribution in [3.05, 3.63) is 35.4 Å². The molecule has 5 heteroatoms. The smallest absolute Gasteiger partial charge is 0.407 e. The number of rotatable bonds is 5. The van der Waals surface area contributed by atoms with Gasteiger partial charge in [-0.25, -0.2) is 9.18 Å². The second-order valence-corrected chi connectivity index (χ2v) is 7.48. The van der Waals surface area contributed by atoms with Crippen LogP contribution in [0, 0.1) is 0 Å². The lowest BCUT2D eigenvalue weighted by atomic mass is 10.0. The summed E-state index contributed by atoms with van der Waals surface area (Å²) in [6, 6.07) is 8.58. The maximum atomic E-state index is 13.3. The van der Waals surface area contributed by atoms with Crippen LogP contribution in [0.2, 0.25) is 0 Å². The molecule has 1 aromatic carbocycles. The molecule has 0 saturated carbocycles. The van der Waals surface area contributed by atoms with Crippen LogP contribution in [0.4, 0.5) is 9.18 Å². The van der Waals surface area contributed by atoms with E-state index in [9.17, 15) is 9.18 Å². The van der Waals surface area contributed by atoms with Gasteiger partial charge in [-0.15, -0.1) is 0 Å². The largest absolute Gasteiger partial charge is 0.444 e. The summed E-state index contributed by atoms with van der Waals surface area (Å²) in [4.78, 5) is 13.8. The molecule has 1 heterocycles. The Morgan fingerprint density at radius 3 is 2.58 bits per heavy atom. The maximum Gasteiger partial charge on any atom is 0.407 e. The predicted molar refractivity (Wildman–Crippen MR) is 93.9 cm³/mol. The molecule has 1 saturated heterocycles. The SMILES string of the molecule is CC(c1ccc(CCNC(=O)OC(C)(C)C)cc1)N1CCC(F)C1. The van der Waals surface area contributed by atoms with Crippen LogP contribution in [-0.4, -0.2) is 42.4 Å². The van der Waals surface area contributed by atoms with E-state index in [-0.39, 0.29) is 12.1 Å². The number of alkyl halides is 1. The lowest BCUT2D eigenvalue weighted by Gasteiger charge is -2.24. The number of nitrogens with one attached hydrogen (secondary N) is 1. The second kappa shape index (κ2) is 7.97. The Morgan fingerprint density at radius 1 is 1.38 bits per heavy atom. The molecule has 2 rings (SSSR count). The fourth-order valence-electron chi connectivity index (χ4n) is 2.89. The summed E-state index contributed by atoms with van der Waals surface area (Å²) in [5.74, 6) is 0. The van der Waals surface area contributed by atoms with Crippen LogP contribution in [-0.2, 0) is 11.2 Å². The van der Waals surface area contributed by atoms with Crippen molar-refractivity contribution in [1.82, 2.24) is 10.2 Å². The van der Waals surface area contributed by atoms with Gasteiger partial charge < -0.3 is 10.1 Å². The van der Waals surface area contributed by atoms with Crippen molar-refractivity contribution < 1.29 is 13.9 Å². The molecule has 1 N–H and O–H groups in total. The Kier molecular flexibility index (Phi) is 6.21. The van der Waals surface area contributed by atoms with Crippen LogP contribution in [0.3, 0.4) is 0 Å². The average Bonchev–Trinajstić information content (AvgIpc) is 2.92. The van der Waals surface area contributed by atoms with E-state index in [0.29, 0.717) is 19.5 Å². The number of ether oxygens (including phenoxy) is 1. The molecule has 2 atom stereocenters. The number of halogens is 1. The first-order valence-electron chi connectivity index (χ1n) is 8.68. The summed E-state index contributed by atoms with van der Waals surface area (Å²) in [6.45, 7) is 9.55. The summed E-state index contributed by atoms with van der Waals surface area (Å²) in [6.07, 6.45) is 0.316. The van der Waals surface area contributed by atoms with Gasteiger partial charge in [0, 0.05) is 25.7 Å². The molecular formula is C19H29FN2O2. The van der Waals surface area contributed by atoms with Crippen LogP contribution in [0.1, 0.15) is 51.3 Å². The molecule has 2 unspecified atom stereocenters. The molecule has 1 aliphatic rings. The molecule has 0 aromatic heterocycles. The van der Waals surface area contributed by atoms with E-state index in [4.69, 9.17) is 4.74 Å². The lowest BCUT2D eigenvalue weighted by Crippen LogP contribution is -2.33. The van der Waals surface area contributed by atoms with E-state index in [1.165, 1.54) is 5.56 Å². The first-order valence-corrected chi connectivity index (χ1v) is 8.68. The van der Waals surface area contributed by atoms with Gasteiger partial charge in [0.2, 0.25) is 0 Å².